The summed E-state index contributed by atoms with van der Waals surface area (Å²) in [4.78, 5) is 41.6. The van der Waals surface area contributed by atoms with Crippen LogP contribution in [0.2, 0.25) is 0 Å². The first kappa shape index (κ1) is 29.6. The fourth-order valence-electron chi connectivity index (χ4n) is 7.19. The van der Waals surface area contributed by atoms with E-state index in [1.54, 1.807) is 19.9 Å². The van der Waals surface area contributed by atoms with Crippen molar-refractivity contribution < 1.29 is 54.9 Å². The lowest BCUT2D eigenvalue weighted by atomic mass is 9.70. The maximum atomic E-state index is 14.1. The number of fused-ring (bicyclic) bond motifs is 4. The Hall–Kier alpha value is -5.07. The average Bonchev–Trinajstić information content (AvgIpc) is 2.99. The molecule has 11 nitrogen and oxygen atoms in total. The van der Waals surface area contributed by atoms with Crippen LogP contribution in [0.15, 0.2) is 48.5 Å². The lowest BCUT2D eigenvalue weighted by molar-refractivity contribution is -0.190. The minimum Gasteiger partial charge on any atom is -0.507 e. The van der Waals surface area contributed by atoms with Crippen LogP contribution in [-0.2, 0) is 4.74 Å². The van der Waals surface area contributed by atoms with E-state index in [1.165, 1.54) is 42.5 Å². The van der Waals surface area contributed by atoms with Gasteiger partial charge in [0.25, 0.3) is 0 Å². The van der Waals surface area contributed by atoms with E-state index >= 15 is 0 Å². The summed E-state index contributed by atoms with van der Waals surface area (Å²) in [6.45, 7) is 2.92. The third-order valence-electron chi connectivity index (χ3n) is 9.24. The predicted octanol–water partition coefficient (Wildman–Crippen LogP) is 2.73. The summed E-state index contributed by atoms with van der Waals surface area (Å²) in [5.41, 5.74) is 0.00736. The Labute approximate surface area is 261 Å². The van der Waals surface area contributed by atoms with Crippen molar-refractivity contribution in [1.29, 1.82) is 0 Å². The molecule has 1 fully saturated rings. The molecule has 5 atom stereocenters. The SMILES string of the molecule is Cc1cc(O)c2c(c1)C([C@@H]1OC[C@H](O)[C@H](O)[C@H]1O)c1ccc(-c3c(C)cc(O)c4c3C(=O)c3cccc(O)c3C4=O)c(O)c1C2=O. The minimum absolute atomic E-state index is 0.0278. The molecule has 1 heterocycles. The number of hydrogen-bond donors (Lipinski definition) is 7. The molecule has 1 saturated heterocycles. The van der Waals surface area contributed by atoms with E-state index in [2.05, 4.69) is 0 Å². The summed E-state index contributed by atoms with van der Waals surface area (Å²) in [6, 6.07) is 11.2. The highest BCUT2D eigenvalue weighted by molar-refractivity contribution is 6.32. The van der Waals surface area contributed by atoms with Gasteiger partial charge in [-0.2, -0.15) is 0 Å². The third kappa shape index (κ3) is 3.96. The molecule has 0 aromatic heterocycles. The van der Waals surface area contributed by atoms with Gasteiger partial charge in [0.2, 0.25) is 11.6 Å². The van der Waals surface area contributed by atoms with Gasteiger partial charge in [-0.3, -0.25) is 14.4 Å². The van der Waals surface area contributed by atoms with Gasteiger partial charge >= 0.3 is 0 Å². The van der Waals surface area contributed by atoms with Gasteiger partial charge in [-0.15, -0.1) is 0 Å². The van der Waals surface area contributed by atoms with E-state index in [1.807, 2.05) is 0 Å². The molecule has 0 bridgehead atoms. The predicted molar refractivity (Wildman–Crippen MR) is 161 cm³/mol. The van der Waals surface area contributed by atoms with E-state index in [0.717, 1.165) is 0 Å². The second-order valence-corrected chi connectivity index (χ2v) is 12.0. The van der Waals surface area contributed by atoms with Crippen molar-refractivity contribution in [2.24, 2.45) is 0 Å². The molecule has 7 N–H and O–H groups in total. The molecular formula is C35H28O11. The maximum Gasteiger partial charge on any atom is 0.201 e. The Morgan fingerprint density at radius 2 is 1.33 bits per heavy atom. The summed E-state index contributed by atoms with van der Waals surface area (Å²) in [6.07, 6.45) is -5.76. The summed E-state index contributed by atoms with van der Waals surface area (Å²) in [5.74, 6) is -5.17. The first-order valence-electron chi connectivity index (χ1n) is 14.5. The maximum absolute atomic E-state index is 14.1. The quantitative estimate of drug-likeness (QED) is 0.152. The van der Waals surface area contributed by atoms with Gasteiger partial charge in [-0.1, -0.05) is 30.3 Å². The molecule has 4 aromatic rings. The van der Waals surface area contributed by atoms with Gasteiger partial charge < -0.3 is 40.5 Å². The molecule has 46 heavy (non-hydrogen) atoms. The van der Waals surface area contributed by atoms with Crippen molar-refractivity contribution in [2.75, 3.05) is 6.61 Å². The fourth-order valence-corrected chi connectivity index (χ4v) is 7.19. The van der Waals surface area contributed by atoms with Crippen LogP contribution in [0.5, 0.6) is 23.0 Å². The number of phenolic OH excluding ortho intramolecular Hbond substituents is 4. The van der Waals surface area contributed by atoms with Gasteiger partial charge in [-0.05, 0) is 54.3 Å². The van der Waals surface area contributed by atoms with Crippen LogP contribution < -0.4 is 0 Å². The highest BCUT2D eigenvalue weighted by Crippen LogP contribution is 2.51. The van der Waals surface area contributed by atoms with Crippen molar-refractivity contribution >= 4 is 17.3 Å². The highest BCUT2D eigenvalue weighted by Gasteiger charge is 2.48. The van der Waals surface area contributed by atoms with Crippen molar-refractivity contribution in [3.8, 4) is 34.1 Å². The first-order valence-corrected chi connectivity index (χ1v) is 14.5. The second kappa shape index (κ2) is 10.2. The second-order valence-electron chi connectivity index (χ2n) is 12.0. The van der Waals surface area contributed by atoms with Gasteiger partial charge in [0.15, 0.2) is 5.78 Å². The van der Waals surface area contributed by atoms with Gasteiger partial charge in [0.05, 0.1) is 35.0 Å². The van der Waals surface area contributed by atoms with Crippen molar-refractivity contribution in [3.63, 3.8) is 0 Å². The summed E-state index contributed by atoms with van der Waals surface area (Å²) >= 11 is 0. The lowest BCUT2D eigenvalue weighted by Crippen LogP contribution is -2.55. The number of hydrogen-bond acceptors (Lipinski definition) is 11. The van der Waals surface area contributed by atoms with Gasteiger partial charge in [0, 0.05) is 28.2 Å². The van der Waals surface area contributed by atoms with E-state index in [9.17, 15) is 50.1 Å². The van der Waals surface area contributed by atoms with Crippen LogP contribution in [0, 0.1) is 13.8 Å². The number of aryl methyl sites for hydroxylation is 2. The lowest BCUT2D eigenvalue weighted by Gasteiger charge is -2.42. The zero-order chi connectivity index (χ0) is 32.9. The van der Waals surface area contributed by atoms with Crippen LogP contribution in [0.1, 0.15) is 75.9 Å². The molecule has 11 heteroatoms. The number of aromatic hydroxyl groups is 4. The van der Waals surface area contributed by atoms with Crippen LogP contribution in [0.4, 0.5) is 0 Å². The molecule has 0 saturated carbocycles. The number of carbonyl (C=O) groups is 3. The van der Waals surface area contributed by atoms with Crippen LogP contribution in [0.3, 0.4) is 0 Å². The smallest absolute Gasteiger partial charge is 0.201 e. The standard InChI is InChI=1S/C35H28O11/c1-12-8-17-23(35-34(45)31(42)21(39)11-46-35)14-6-7-16(29(40)26(14)32(43)25(17)19(37)9-12)22-13(2)10-20(38)27-28(22)30(41)15-4-3-5-18(36)24(15)33(27)44/h3-10,21,23,31,34-40,42,45H,11H2,1-2H3/t21-,23?,31-,34+,35-/m0/s1. The topological polar surface area (TPSA) is 202 Å². The van der Waals surface area contributed by atoms with Gasteiger partial charge in [0.1, 0.15) is 41.3 Å². The number of benzene rings is 4. The first-order chi connectivity index (χ1) is 21.8. The van der Waals surface area contributed by atoms with Crippen LogP contribution >= 0.6 is 0 Å². The van der Waals surface area contributed by atoms with Crippen molar-refractivity contribution in [2.45, 2.75) is 44.2 Å². The molecule has 1 unspecified atom stereocenters. The van der Waals surface area contributed by atoms with E-state index in [0.29, 0.717) is 5.56 Å². The summed E-state index contributed by atoms with van der Waals surface area (Å²) in [5, 5.41) is 75.7. The van der Waals surface area contributed by atoms with Crippen molar-refractivity contribution in [1.82, 2.24) is 0 Å². The molecule has 1 aliphatic heterocycles. The Bertz CT molecular complexity index is 2050. The Morgan fingerprint density at radius 3 is 2.07 bits per heavy atom. The highest BCUT2D eigenvalue weighted by atomic mass is 16.5. The number of rotatable bonds is 2. The molecule has 0 spiro atoms. The van der Waals surface area contributed by atoms with Crippen molar-refractivity contribution in [3.05, 3.63) is 104 Å². The molecule has 0 amide bonds. The molecule has 2 aliphatic carbocycles. The zero-order valence-electron chi connectivity index (χ0n) is 24.5. The molecule has 7 rings (SSSR count). The normalized spacial score (nSPS) is 23.4. The molecular weight excluding hydrogens is 596 g/mol. The van der Waals surface area contributed by atoms with E-state index in [4.69, 9.17) is 4.74 Å². The fraction of sp³-hybridized carbons (Fsp3) is 0.229. The molecule has 4 aromatic carbocycles. The largest absolute Gasteiger partial charge is 0.507 e. The number of ketones is 3. The molecule has 3 aliphatic rings. The number of ether oxygens (including phenoxy) is 1. The minimum atomic E-state index is -1.61. The molecule has 234 valence electrons. The third-order valence-corrected chi connectivity index (χ3v) is 9.24. The molecule has 0 radical (unpaired) electrons. The number of carbonyl (C=O) groups excluding carboxylic acids is 3. The van der Waals surface area contributed by atoms with Crippen LogP contribution in [0.25, 0.3) is 11.1 Å². The Kier molecular flexibility index (Phi) is 6.59. The number of aliphatic hydroxyl groups is 3. The summed E-state index contributed by atoms with van der Waals surface area (Å²) in [7, 11) is 0. The monoisotopic (exact) mass is 624 g/mol. The van der Waals surface area contributed by atoms with Gasteiger partial charge in [-0.25, -0.2) is 0 Å². The number of aliphatic hydroxyl groups excluding tert-OH is 3. The zero-order valence-corrected chi connectivity index (χ0v) is 24.5. The van der Waals surface area contributed by atoms with Crippen LogP contribution in [-0.4, -0.2) is 84.1 Å². The number of phenols is 4. The summed E-state index contributed by atoms with van der Waals surface area (Å²) < 4.78 is 5.81. The van der Waals surface area contributed by atoms with E-state index < -0.39 is 64.9 Å². The Balaban J connectivity index is 1.49. The van der Waals surface area contributed by atoms with E-state index in [-0.39, 0.29) is 73.6 Å². The Morgan fingerprint density at radius 1 is 0.630 bits per heavy atom. The average molecular weight is 625 g/mol.